The number of aryl methyl sites for hydroxylation is 1. The smallest absolute Gasteiger partial charge is 0.231 e. The van der Waals surface area contributed by atoms with Crippen LogP contribution in [0.5, 0.6) is 11.5 Å². The first-order valence-corrected chi connectivity index (χ1v) is 9.05. The normalized spacial score (nSPS) is 12.9. The first-order chi connectivity index (χ1) is 12.3. The first kappa shape index (κ1) is 18.3. The van der Waals surface area contributed by atoms with Crippen molar-refractivity contribution < 1.29 is 14.3 Å². The van der Waals surface area contributed by atoms with Crippen LogP contribution in [0.2, 0.25) is 0 Å². The monoisotopic (exact) mass is 353 g/mol. The Bertz CT molecular complexity index is 775. The molecule has 0 fully saturated rings. The summed E-state index contributed by atoms with van der Waals surface area (Å²) in [5.41, 5.74) is 3.70. The number of fused-ring (bicyclic) bond motifs is 1. The number of ether oxygens (including phenoxy) is 2. The Morgan fingerprint density at radius 1 is 1.00 bits per heavy atom. The fourth-order valence-corrected chi connectivity index (χ4v) is 3.01. The van der Waals surface area contributed by atoms with E-state index in [1.54, 1.807) is 4.90 Å². The molecule has 1 aliphatic rings. The molecule has 26 heavy (non-hydrogen) atoms. The molecule has 138 valence electrons. The highest BCUT2D eigenvalue weighted by molar-refractivity contribution is 5.76. The first-order valence-electron chi connectivity index (χ1n) is 9.05. The number of carbonyl (C=O) groups excluding carboxylic acids is 1. The second-order valence-electron chi connectivity index (χ2n) is 7.88. The third kappa shape index (κ3) is 4.37. The summed E-state index contributed by atoms with van der Waals surface area (Å²) in [6, 6.07) is 14.4. The van der Waals surface area contributed by atoms with E-state index in [4.69, 9.17) is 9.47 Å². The zero-order valence-electron chi connectivity index (χ0n) is 16.0. The van der Waals surface area contributed by atoms with E-state index >= 15 is 0 Å². The van der Waals surface area contributed by atoms with Crippen LogP contribution in [0, 0.1) is 0 Å². The number of amides is 1. The van der Waals surface area contributed by atoms with E-state index in [1.807, 2.05) is 25.2 Å². The standard InChI is InChI=1S/C22H27NO3/c1-22(2,3)18-9-5-16(6-10-18)8-12-21(24)23(4)14-17-7-11-19-20(13-17)26-15-25-19/h5-7,9-11,13H,8,12,14-15H2,1-4H3. The van der Waals surface area contributed by atoms with Crippen LogP contribution in [0.1, 0.15) is 43.9 Å². The highest BCUT2D eigenvalue weighted by Crippen LogP contribution is 2.32. The van der Waals surface area contributed by atoms with E-state index in [2.05, 4.69) is 45.0 Å². The molecule has 0 atom stereocenters. The van der Waals surface area contributed by atoms with Gasteiger partial charge in [-0.2, -0.15) is 0 Å². The molecular formula is C22H27NO3. The van der Waals surface area contributed by atoms with E-state index in [0.717, 1.165) is 23.5 Å². The van der Waals surface area contributed by atoms with Crippen molar-refractivity contribution in [1.29, 1.82) is 0 Å². The summed E-state index contributed by atoms with van der Waals surface area (Å²) >= 11 is 0. The fraction of sp³-hybridized carbons (Fsp3) is 0.409. The maximum Gasteiger partial charge on any atom is 0.231 e. The van der Waals surface area contributed by atoms with Crippen LogP contribution in [-0.4, -0.2) is 24.6 Å². The zero-order valence-corrected chi connectivity index (χ0v) is 16.0. The molecular weight excluding hydrogens is 326 g/mol. The van der Waals surface area contributed by atoms with Crippen molar-refractivity contribution in [3.05, 3.63) is 59.2 Å². The van der Waals surface area contributed by atoms with Crippen LogP contribution >= 0.6 is 0 Å². The number of benzene rings is 2. The molecule has 0 saturated heterocycles. The highest BCUT2D eigenvalue weighted by atomic mass is 16.7. The molecule has 1 aliphatic heterocycles. The largest absolute Gasteiger partial charge is 0.454 e. The Morgan fingerprint density at radius 2 is 1.65 bits per heavy atom. The van der Waals surface area contributed by atoms with E-state index in [0.29, 0.717) is 13.0 Å². The van der Waals surface area contributed by atoms with Crippen LogP contribution in [0.3, 0.4) is 0 Å². The maximum absolute atomic E-state index is 12.5. The number of nitrogens with zero attached hydrogens (tertiary/aromatic N) is 1. The second-order valence-corrected chi connectivity index (χ2v) is 7.88. The number of hydrogen-bond acceptors (Lipinski definition) is 3. The predicted molar refractivity (Wildman–Crippen MR) is 103 cm³/mol. The molecule has 0 bridgehead atoms. The van der Waals surface area contributed by atoms with Gasteiger partial charge in [0.25, 0.3) is 0 Å². The van der Waals surface area contributed by atoms with E-state index in [1.165, 1.54) is 11.1 Å². The Labute approximate surface area is 155 Å². The van der Waals surface area contributed by atoms with Crippen molar-refractivity contribution in [1.82, 2.24) is 4.90 Å². The topological polar surface area (TPSA) is 38.8 Å². The van der Waals surface area contributed by atoms with Crippen molar-refractivity contribution in [2.45, 2.75) is 45.6 Å². The van der Waals surface area contributed by atoms with Gasteiger partial charge < -0.3 is 14.4 Å². The van der Waals surface area contributed by atoms with Crippen LogP contribution < -0.4 is 9.47 Å². The van der Waals surface area contributed by atoms with Crippen molar-refractivity contribution in [3.63, 3.8) is 0 Å². The lowest BCUT2D eigenvalue weighted by Crippen LogP contribution is -2.26. The third-order valence-corrected chi connectivity index (χ3v) is 4.73. The van der Waals surface area contributed by atoms with E-state index in [9.17, 15) is 4.79 Å². The van der Waals surface area contributed by atoms with Gasteiger partial charge in [-0.3, -0.25) is 4.79 Å². The van der Waals surface area contributed by atoms with Crippen molar-refractivity contribution >= 4 is 5.91 Å². The van der Waals surface area contributed by atoms with Gasteiger partial charge in [-0.25, -0.2) is 0 Å². The molecule has 0 N–H and O–H groups in total. The van der Waals surface area contributed by atoms with Gasteiger partial charge in [-0.1, -0.05) is 51.1 Å². The Balaban J connectivity index is 1.53. The summed E-state index contributed by atoms with van der Waals surface area (Å²) in [5.74, 6) is 1.66. The quantitative estimate of drug-likeness (QED) is 0.804. The number of rotatable bonds is 5. The lowest BCUT2D eigenvalue weighted by molar-refractivity contribution is -0.130. The van der Waals surface area contributed by atoms with Crippen LogP contribution in [0.25, 0.3) is 0 Å². The molecule has 0 radical (unpaired) electrons. The molecule has 3 rings (SSSR count). The van der Waals surface area contributed by atoms with Gasteiger partial charge in [-0.15, -0.1) is 0 Å². The van der Waals surface area contributed by atoms with E-state index < -0.39 is 0 Å². The summed E-state index contributed by atoms with van der Waals surface area (Å²) in [7, 11) is 1.84. The van der Waals surface area contributed by atoms with Gasteiger partial charge in [0.15, 0.2) is 11.5 Å². The molecule has 0 spiro atoms. The molecule has 0 aromatic heterocycles. The minimum atomic E-state index is 0.141. The molecule has 0 aliphatic carbocycles. The van der Waals surface area contributed by atoms with Crippen LogP contribution in [0.4, 0.5) is 0 Å². The van der Waals surface area contributed by atoms with Gasteiger partial charge in [0, 0.05) is 20.0 Å². The van der Waals surface area contributed by atoms with Gasteiger partial charge in [-0.05, 0) is 40.7 Å². The average Bonchev–Trinajstić information content (AvgIpc) is 3.07. The summed E-state index contributed by atoms with van der Waals surface area (Å²) in [5, 5.41) is 0. The Morgan fingerprint density at radius 3 is 2.35 bits per heavy atom. The van der Waals surface area contributed by atoms with Crippen molar-refractivity contribution in [2.75, 3.05) is 13.8 Å². The number of carbonyl (C=O) groups is 1. The lowest BCUT2D eigenvalue weighted by atomic mass is 9.86. The molecule has 4 heteroatoms. The average molecular weight is 353 g/mol. The SMILES string of the molecule is CN(Cc1ccc2c(c1)OCO2)C(=O)CCc1ccc(C(C)(C)C)cc1. The van der Waals surface area contributed by atoms with Gasteiger partial charge in [0.05, 0.1) is 0 Å². The third-order valence-electron chi connectivity index (χ3n) is 4.73. The molecule has 0 saturated carbocycles. The molecule has 1 amide bonds. The van der Waals surface area contributed by atoms with Gasteiger partial charge in [0.1, 0.15) is 0 Å². The zero-order chi connectivity index (χ0) is 18.7. The minimum absolute atomic E-state index is 0.141. The van der Waals surface area contributed by atoms with Crippen molar-refractivity contribution in [3.8, 4) is 11.5 Å². The Hall–Kier alpha value is -2.49. The van der Waals surface area contributed by atoms with Gasteiger partial charge in [0.2, 0.25) is 12.7 Å². The van der Waals surface area contributed by atoms with Crippen LogP contribution in [0.15, 0.2) is 42.5 Å². The molecule has 2 aromatic carbocycles. The lowest BCUT2D eigenvalue weighted by Gasteiger charge is -2.19. The second kappa shape index (κ2) is 7.40. The molecule has 0 unspecified atom stereocenters. The van der Waals surface area contributed by atoms with Crippen molar-refractivity contribution in [2.24, 2.45) is 0 Å². The number of hydrogen-bond donors (Lipinski definition) is 0. The molecule has 4 nitrogen and oxygen atoms in total. The highest BCUT2D eigenvalue weighted by Gasteiger charge is 2.16. The van der Waals surface area contributed by atoms with E-state index in [-0.39, 0.29) is 18.1 Å². The van der Waals surface area contributed by atoms with Crippen LogP contribution in [-0.2, 0) is 23.2 Å². The molecule has 1 heterocycles. The Kier molecular flexibility index (Phi) is 5.21. The maximum atomic E-state index is 12.5. The molecule has 2 aromatic rings. The summed E-state index contributed by atoms with van der Waals surface area (Å²) in [6.45, 7) is 7.45. The minimum Gasteiger partial charge on any atom is -0.454 e. The predicted octanol–water partition coefficient (Wildman–Crippen LogP) is 4.30. The summed E-state index contributed by atoms with van der Waals surface area (Å²) in [4.78, 5) is 14.2. The fourth-order valence-electron chi connectivity index (χ4n) is 3.01. The summed E-state index contributed by atoms with van der Waals surface area (Å²) < 4.78 is 10.7. The van der Waals surface area contributed by atoms with Gasteiger partial charge >= 0.3 is 0 Å². The summed E-state index contributed by atoms with van der Waals surface area (Å²) in [6.07, 6.45) is 1.27.